The Morgan fingerprint density at radius 3 is 1.48 bits per heavy atom. The second-order valence-electron chi connectivity index (χ2n) is 13.7. The van der Waals surface area contributed by atoms with Crippen molar-refractivity contribution in [3.05, 3.63) is 12.2 Å². The second kappa shape index (κ2) is 36.1. The molecule has 3 N–H and O–H groups in total. The van der Waals surface area contributed by atoms with Gasteiger partial charge >= 0.3 is 19.8 Å². The number of esters is 2. The van der Waals surface area contributed by atoms with Crippen molar-refractivity contribution in [2.45, 2.75) is 199 Å². The van der Waals surface area contributed by atoms with Gasteiger partial charge in [0.05, 0.1) is 19.8 Å². The summed E-state index contributed by atoms with van der Waals surface area (Å²) in [6.45, 7) is 2.36. The van der Waals surface area contributed by atoms with Crippen molar-refractivity contribution in [3.63, 3.8) is 0 Å². The van der Waals surface area contributed by atoms with Gasteiger partial charge in [0.2, 0.25) is 0 Å². The summed E-state index contributed by atoms with van der Waals surface area (Å²) < 4.78 is 32.6. The lowest BCUT2D eigenvalue weighted by molar-refractivity contribution is -0.161. The van der Waals surface area contributed by atoms with Crippen LogP contribution in [0.15, 0.2) is 12.2 Å². The quantitative estimate of drug-likeness (QED) is 0.0242. The Morgan fingerprint density at radius 1 is 0.580 bits per heavy atom. The summed E-state index contributed by atoms with van der Waals surface area (Å²) in [7, 11) is -4.61. The molecule has 11 heteroatoms. The molecule has 0 aliphatic rings. The highest BCUT2D eigenvalue weighted by Crippen LogP contribution is 2.43. The molecule has 0 aromatic heterocycles. The summed E-state index contributed by atoms with van der Waals surface area (Å²) in [6.07, 6.45) is 31.7. The minimum atomic E-state index is -4.61. The largest absolute Gasteiger partial charge is 0.472 e. The zero-order valence-electron chi connectivity index (χ0n) is 31.9. The highest BCUT2D eigenvalue weighted by Gasteiger charge is 2.27. The van der Waals surface area contributed by atoms with Crippen molar-refractivity contribution in [2.75, 3.05) is 26.4 Å². The van der Waals surface area contributed by atoms with E-state index in [0.717, 1.165) is 44.9 Å². The van der Waals surface area contributed by atoms with Gasteiger partial charge < -0.3 is 24.6 Å². The molecule has 0 heterocycles. The number of hydrogen-bond acceptors (Lipinski definition) is 9. The molecular weight excluding hydrogens is 659 g/mol. The van der Waals surface area contributed by atoms with Gasteiger partial charge in [-0.25, -0.2) is 4.57 Å². The Hall–Kier alpha value is -1.29. The van der Waals surface area contributed by atoms with E-state index >= 15 is 0 Å². The SMILES string of the molecule is CCCCC/C=C/CCCCCCCCCC(=O)O[C@H](COC(=O)CCCCCCCCCCCCCCC)COP(=O)(O)OC[C@@H](O)CO. The Bertz CT molecular complexity index is 853. The first-order chi connectivity index (χ1) is 24.2. The van der Waals surface area contributed by atoms with Crippen molar-refractivity contribution in [1.29, 1.82) is 0 Å². The Morgan fingerprint density at radius 2 is 0.980 bits per heavy atom. The van der Waals surface area contributed by atoms with Crippen LogP contribution in [0.4, 0.5) is 0 Å². The molecule has 0 rings (SSSR count). The van der Waals surface area contributed by atoms with Crippen molar-refractivity contribution in [2.24, 2.45) is 0 Å². The molecule has 0 bridgehead atoms. The number of ether oxygens (including phenoxy) is 2. The summed E-state index contributed by atoms with van der Waals surface area (Å²) in [5.41, 5.74) is 0. The van der Waals surface area contributed by atoms with Crippen LogP contribution >= 0.6 is 7.82 Å². The number of rotatable bonds is 38. The fourth-order valence-electron chi connectivity index (χ4n) is 5.52. The lowest BCUT2D eigenvalue weighted by atomic mass is 10.0. The van der Waals surface area contributed by atoms with Crippen LogP contribution in [0, 0.1) is 0 Å². The molecule has 0 aliphatic heterocycles. The van der Waals surface area contributed by atoms with E-state index < -0.39 is 51.8 Å². The van der Waals surface area contributed by atoms with Crippen LogP contribution in [-0.4, -0.2) is 65.7 Å². The number of carbonyl (C=O) groups is 2. The van der Waals surface area contributed by atoms with Gasteiger partial charge in [-0.2, -0.15) is 0 Å². The van der Waals surface area contributed by atoms with Crippen molar-refractivity contribution < 1.29 is 47.8 Å². The van der Waals surface area contributed by atoms with Crippen LogP contribution < -0.4 is 0 Å². The van der Waals surface area contributed by atoms with Gasteiger partial charge in [-0.3, -0.25) is 18.6 Å². The summed E-state index contributed by atoms with van der Waals surface area (Å²) in [5, 5.41) is 18.3. The molecule has 0 saturated carbocycles. The molecule has 0 radical (unpaired) electrons. The summed E-state index contributed by atoms with van der Waals surface area (Å²) >= 11 is 0. The number of allylic oxidation sites excluding steroid dienone is 2. The van der Waals surface area contributed by atoms with E-state index in [0.29, 0.717) is 12.8 Å². The molecule has 0 aromatic carbocycles. The number of unbranched alkanes of at least 4 members (excludes halogenated alkanes) is 22. The minimum absolute atomic E-state index is 0.183. The van der Waals surface area contributed by atoms with Gasteiger partial charge in [0.15, 0.2) is 6.10 Å². The molecule has 0 saturated heterocycles. The summed E-state index contributed by atoms with van der Waals surface area (Å²) in [6, 6.07) is 0. The summed E-state index contributed by atoms with van der Waals surface area (Å²) in [4.78, 5) is 34.9. The molecule has 3 atom stereocenters. The maximum Gasteiger partial charge on any atom is 0.472 e. The van der Waals surface area contributed by atoms with Crippen molar-refractivity contribution in [1.82, 2.24) is 0 Å². The van der Waals surface area contributed by atoms with E-state index in [1.165, 1.54) is 103 Å². The average Bonchev–Trinajstić information content (AvgIpc) is 3.10. The van der Waals surface area contributed by atoms with Gasteiger partial charge in [0.1, 0.15) is 12.7 Å². The number of phosphoric ester groups is 1. The Balaban J connectivity index is 4.33. The minimum Gasteiger partial charge on any atom is -0.462 e. The van der Waals surface area contributed by atoms with Crippen LogP contribution in [0.25, 0.3) is 0 Å². The fraction of sp³-hybridized carbons (Fsp3) is 0.897. The van der Waals surface area contributed by atoms with Crippen LogP contribution in [0.2, 0.25) is 0 Å². The first-order valence-electron chi connectivity index (χ1n) is 20.1. The molecule has 0 amide bonds. The van der Waals surface area contributed by atoms with E-state index in [9.17, 15) is 24.2 Å². The predicted molar refractivity (Wildman–Crippen MR) is 201 cm³/mol. The van der Waals surface area contributed by atoms with Gasteiger partial charge in [-0.1, -0.05) is 148 Å². The third-order valence-electron chi connectivity index (χ3n) is 8.67. The first kappa shape index (κ1) is 48.7. The zero-order chi connectivity index (χ0) is 37.0. The molecule has 0 aliphatic carbocycles. The standard InChI is InChI=1S/C39H75O10P/c1-3-5-7-9-11-13-15-17-19-21-23-25-27-29-31-39(43)49-37(35-48-50(44,45)47-33-36(41)32-40)34-46-38(42)30-28-26-24-22-20-18-16-14-12-10-8-6-4-2/h11,13,36-37,40-41H,3-10,12,14-35H2,1-2H3,(H,44,45)/b13-11+/t36-,37+/m0/s1. The molecule has 296 valence electrons. The monoisotopic (exact) mass is 735 g/mol. The molecule has 0 spiro atoms. The lowest BCUT2D eigenvalue weighted by Gasteiger charge is -2.20. The highest BCUT2D eigenvalue weighted by molar-refractivity contribution is 7.47. The number of phosphoric acid groups is 1. The van der Waals surface area contributed by atoms with Crippen molar-refractivity contribution >= 4 is 19.8 Å². The van der Waals surface area contributed by atoms with E-state index in [4.69, 9.17) is 19.1 Å². The molecular formula is C39H75O10P. The summed E-state index contributed by atoms with van der Waals surface area (Å²) in [5.74, 6) is -0.923. The number of carbonyl (C=O) groups excluding carboxylic acids is 2. The van der Waals surface area contributed by atoms with E-state index in [1.54, 1.807) is 0 Å². The second-order valence-corrected chi connectivity index (χ2v) is 15.1. The van der Waals surface area contributed by atoms with Gasteiger partial charge in [-0.05, 0) is 38.5 Å². The third-order valence-corrected chi connectivity index (χ3v) is 9.62. The average molecular weight is 735 g/mol. The number of aliphatic hydroxyl groups excluding tert-OH is 2. The van der Waals surface area contributed by atoms with Gasteiger partial charge in [0.25, 0.3) is 0 Å². The number of hydrogen-bond donors (Lipinski definition) is 3. The van der Waals surface area contributed by atoms with E-state index in [2.05, 4.69) is 30.5 Å². The Labute approximate surface area is 305 Å². The first-order valence-corrected chi connectivity index (χ1v) is 21.6. The number of aliphatic hydroxyl groups is 2. The third kappa shape index (κ3) is 35.1. The topological polar surface area (TPSA) is 149 Å². The van der Waals surface area contributed by atoms with Gasteiger partial charge in [0, 0.05) is 12.8 Å². The van der Waals surface area contributed by atoms with Crippen LogP contribution in [0.1, 0.15) is 187 Å². The molecule has 10 nitrogen and oxygen atoms in total. The molecule has 0 aromatic rings. The normalized spacial score (nSPS) is 14.1. The van der Waals surface area contributed by atoms with Crippen LogP contribution in [0.3, 0.4) is 0 Å². The molecule has 1 unspecified atom stereocenters. The smallest absolute Gasteiger partial charge is 0.462 e. The van der Waals surface area contributed by atoms with E-state index in [-0.39, 0.29) is 19.4 Å². The maximum atomic E-state index is 12.6. The highest BCUT2D eigenvalue weighted by atomic mass is 31.2. The Kier molecular flexibility index (Phi) is 35.2. The van der Waals surface area contributed by atoms with Gasteiger partial charge in [-0.15, -0.1) is 0 Å². The predicted octanol–water partition coefficient (Wildman–Crippen LogP) is 10.1. The molecule has 50 heavy (non-hydrogen) atoms. The fourth-order valence-corrected chi connectivity index (χ4v) is 6.31. The lowest BCUT2D eigenvalue weighted by Crippen LogP contribution is -2.29. The maximum absolute atomic E-state index is 12.6. The van der Waals surface area contributed by atoms with Crippen LogP contribution in [-0.2, 0) is 32.7 Å². The van der Waals surface area contributed by atoms with Crippen molar-refractivity contribution in [3.8, 4) is 0 Å². The van der Waals surface area contributed by atoms with E-state index in [1.807, 2.05) is 0 Å². The zero-order valence-corrected chi connectivity index (χ0v) is 32.8. The van der Waals surface area contributed by atoms with Crippen LogP contribution in [0.5, 0.6) is 0 Å². The molecule has 0 fully saturated rings.